The molecule has 0 heterocycles. The van der Waals surface area contributed by atoms with E-state index in [0.717, 1.165) is 5.56 Å². The van der Waals surface area contributed by atoms with Gasteiger partial charge in [-0.25, -0.2) is 9.18 Å². The molecule has 21 heavy (non-hydrogen) atoms. The van der Waals surface area contributed by atoms with Gasteiger partial charge in [0.25, 0.3) is 0 Å². The summed E-state index contributed by atoms with van der Waals surface area (Å²) in [4.78, 5) is 22.5. The Hall–Kier alpha value is -2.69. The summed E-state index contributed by atoms with van der Waals surface area (Å²) < 4.78 is 18.2. The van der Waals surface area contributed by atoms with Gasteiger partial charge >= 0.3 is 5.97 Å². The van der Waals surface area contributed by atoms with Gasteiger partial charge in [0.2, 0.25) is 0 Å². The van der Waals surface area contributed by atoms with Gasteiger partial charge in [-0.3, -0.25) is 4.79 Å². The molecule has 5 heteroatoms. The van der Waals surface area contributed by atoms with Crippen LogP contribution in [-0.2, 0) is 6.61 Å². The van der Waals surface area contributed by atoms with E-state index < -0.39 is 5.97 Å². The molecule has 0 saturated carbocycles. The lowest BCUT2D eigenvalue weighted by Crippen LogP contribution is -2.07. The van der Waals surface area contributed by atoms with Gasteiger partial charge in [-0.15, -0.1) is 0 Å². The van der Waals surface area contributed by atoms with Crippen molar-refractivity contribution in [2.75, 3.05) is 0 Å². The molecule has 0 unspecified atom stereocenters. The Morgan fingerprint density at radius 1 is 1.10 bits per heavy atom. The Labute approximate surface area is 120 Å². The minimum Gasteiger partial charge on any atom is -0.489 e. The van der Waals surface area contributed by atoms with Gasteiger partial charge in [0.1, 0.15) is 18.2 Å². The van der Waals surface area contributed by atoms with Crippen molar-refractivity contribution in [2.24, 2.45) is 0 Å². The predicted molar refractivity (Wildman–Crippen MR) is 74.1 cm³/mol. The number of Topliss-reactive ketones (excluding diaryl/α,β-unsaturated/α-hetero) is 1. The maximum absolute atomic E-state index is 12.8. The number of ketones is 1. The van der Waals surface area contributed by atoms with Crippen molar-refractivity contribution in [3.63, 3.8) is 0 Å². The standard InChI is InChI=1S/C16H13FO4/c1-10(18)14-7-6-13(8-15(14)16(19)20)21-9-11-2-4-12(17)5-3-11/h2-8H,9H2,1H3,(H,19,20). The van der Waals surface area contributed by atoms with Crippen molar-refractivity contribution in [1.82, 2.24) is 0 Å². The molecule has 0 aromatic heterocycles. The Morgan fingerprint density at radius 3 is 2.33 bits per heavy atom. The van der Waals surface area contributed by atoms with Crippen LogP contribution in [0.2, 0.25) is 0 Å². The van der Waals surface area contributed by atoms with Gasteiger partial charge < -0.3 is 9.84 Å². The molecular formula is C16H13FO4. The number of carboxylic acid groups (broad SMARTS) is 1. The molecule has 2 aromatic rings. The third-order valence-corrected chi connectivity index (χ3v) is 2.92. The second-order valence-electron chi connectivity index (χ2n) is 4.48. The largest absolute Gasteiger partial charge is 0.489 e. The van der Waals surface area contributed by atoms with Crippen molar-refractivity contribution >= 4 is 11.8 Å². The number of carboxylic acids is 1. The quantitative estimate of drug-likeness (QED) is 0.857. The highest BCUT2D eigenvalue weighted by Crippen LogP contribution is 2.20. The smallest absolute Gasteiger partial charge is 0.336 e. The normalized spacial score (nSPS) is 10.2. The molecule has 0 bridgehead atoms. The minimum absolute atomic E-state index is 0.0980. The van der Waals surface area contributed by atoms with Crippen LogP contribution < -0.4 is 4.74 Å². The van der Waals surface area contributed by atoms with E-state index in [-0.39, 0.29) is 29.3 Å². The zero-order valence-corrected chi connectivity index (χ0v) is 11.3. The average Bonchev–Trinajstić information content (AvgIpc) is 2.46. The zero-order chi connectivity index (χ0) is 15.4. The lowest BCUT2D eigenvalue weighted by atomic mass is 10.0. The molecule has 0 saturated heterocycles. The molecule has 4 nitrogen and oxygen atoms in total. The fraction of sp³-hybridized carbons (Fsp3) is 0.125. The monoisotopic (exact) mass is 288 g/mol. The molecule has 108 valence electrons. The van der Waals surface area contributed by atoms with Crippen LogP contribution >= 0.6 is 0 Å². The Kier molecular flexibility index (Phi) is 4.33. The minimum atomic E-state index is -1.19. The van der Waals surface area contributed by atoms with E-state index in [1.54, 1.807) is 12.1 Å². The lowest BCUT2D eigenvalue weighted by Gasteiger charge is -2.09. The number of hydrogen-bond acceptors (Lipinski definition) is 3. The highest BCUT2D eigenvalue weighted by molar-refractivity contribution is 6.05. The second kappa shape index (κ2) is 6.17. The van der Waals surface area contributed by atoms with Crippen molar-refractivity contribution in [3.8, 4) is 5.75 Å². The number of carbonyl (C=O) groups excluding carboxylic acids is 1. The molecule has 0 radical (unpaired) electrons. The first-order chi connectivity index (χ1) is 9.97. The average molecular weight is 288 g/mol. The zero-order valence-electron chi connectivity index (χ0n) is 11.3. The maximum atomic E-state index is 12.8. The van der Waals surface area contributed by atoms with Crippen molar-refractivity contribution < 1.29 is 23.8 Å². The Balaban J connectivity index is 2.17. The second-order valence-corrected chi connectivity index (χ2v) is 4.48. The van der Waals surface area contributed by atoms with Crippen molar-refractivity contribution in [2.45, 2.75) is 13.5 Å². The van der Waals surface area contributed by atoms with Gasteiger partial charge in [-0.05, 0) is 42.8 Å². The summed E-state index contributed by atoms with van der Waals surface area (Å²) in [6, 6.07) is 10.1. The summed E-state index contributed by atoms with van der Waals surface area (Å²) in [5, 5.41) is 9.11. The summed E-state index contributed by atoms with van der Waals surface area (Å²) in [6.07, 6.45) is 0. The Bertz CT molecular complexity index is 677. The fourth-order valence-electron chi connectivity index (χ4n) is 1.84. The molecular weight excluding hydrogens is 275 g/mol. The first kappa shape index (κ1) is 14.7. The topological polar surface area (TPSA) is 63.6 Å². The lowest BCUT2D eigenvalue weighted by molar-refractivity contribution is 0.0691. The molecule has 0 amide bonds. The molecule has 0 spiro atoms. The summed E-state index contributed by atoms with van der Waals surface area (Å²) in [5.41, 5.74) is 0.791. The molecule has 0 aliphatic rings. The first-order valence-corrected chi connectivity index (χ1v) is 6.23. The number of rotatable bonds is 5. The molecule has 0 fully saturated rings. The van der Waals surface area contributed by atoms with E-state index >= 15 is 0 Å². The van der Waals surface area contributed by atoms with Gasteiger partial charge in [0, 0.05) is 5.56 Å². The van der Waals surface area contributed by atoms with Crippen LogP contribution in [0.4, 0.5) is 4.39 Å². The van der Waals surface area contributed by atoms with E-state index in [1.807, 2.05) is 0 Å². The van der Waals surface area contributed by atoms with E-state index in [0.29, 0.717) is 5.75 Å². The van der Waals surface area contributed by atoms with Crippen LogP contribution in [0.15, 0.2) is 42.5 Å². The van der Waals surface area contributed by atoms with Gasteiger partial charge in [-0.2, -0.15) is 0 Å². The van der Waals surface area contributed by atoms with Gasteiger partial charge in [-0.1, -0.05) is 12.1 Å². The van der Waals surface area contributed by atoms with E-state index in [4.69, 9.17) is 9.84 Å². The molecule has 2 aromatic carbocycles. The van der Waals surface area contributed by atoms with E-state index in [1.165, 1.54) is 37.3 Å². The molecule has 0 atom stereocenters. The summed E-state index contributed by atoms with van der Waals surface area (Å²) in [5.74, 6) is -1.51. The third-order valence-electron chi connectivity index (χ3n) is 2.92. The van der Waals surface area contributed by atoms with Crippen LogP contribution in [0.1, 0.15) is 33.2 Å². The summed E-state index contributed by atoms with van der Waals surface area (Å²) >= 11 is 0. The highest BCUT2D eigenvalue weighted by atomic mass is 19.1. The molecule has 0 aliphatic carbocycles. The predicted octanol–water partition coefficient (Wildman–Crippen LogP) is 3.31. The van der Waals surface area contributed by atoms with E-state index in [9.17, 15) is 14.0 Å². The van der Waals surface area contributed by atoms with Crippen molar-refractivity contribution in [3.05, 3.63) is 65.0 Å². The van der Waals surface area contributed by atoms with Crippen LogP contribution in [-0.4, -0.2) is 16.9 Å². The molecule has 1 N–H and O–H groups in total. The third kappa shape index (κ3) is 3.66. The fourth-order valence-corrected chi connectivity index (χ4v) is 1.84. The van der Waals surface area contributed by atoms with E-state index in [2.05, 4.69) is 0 Å². The maximum Gasteiger partial charge on any atom is 0.336 e. The summed E-state index contributed by atoms with van der Waals surface area (Å²) in [6.45, 7) is 1.49. The van der Waals surface area contributed by atoms with Crippen LogP contribution in [0.25, 0.3) is 0 Å². The number of halogens is 1. The Morgan fingerprint density at radius 2 is 1.76 bits per heavy atom. The van der Waals surface area contributed by atoms with Crippen molar-refractivity contribution in [1.29, 1.82) is 0 Å². The number of aromatic carboxylic acids is 1. The number of hydrogen-bond donors (Lipinski definition) is 1. The number of carbonyl (C=O) groups is 2. The molecule has 2 rings (SSSR count). The molecule has 0 aliphatic heterocycles. The summed E-state index contributed by atoms with van der Waals surface area (Å²) in [7, 11) is 0. The van der Waals surface area contributed by atoms with Crippen LogP contribution in [0, 0.1) is 5.82 Å². The van der Waals surface area contributed by atoms with Crippen LogP contribution in [0.3, 0.4) is 0 Å². The number of benzene rings is 2. The SMILES string of the molecule is CC(=O)c1ccc(OCc2ccc(F)cc2)cc1C(=O)O. The van der Waals surface area contributed by atoms with Gasteiger partial charge in [0.15, 0.2) is 5.78 Å². The number of ether oxygens (including phenoxy) is 1. The van der Waals surface area contributed by atoms with Gasteiger partial charge in [0.05, 0.1) is 5.56 Å². The first-order valence-electron chi connectivity index (χ1n) is 6.23. The van der Waals surface area contributed by atoms with Crippen LogP contribution in [0.5, 0.6) is 5.75 Å². The highest BCUT2D eigenvalue weighted by Gasteiger charge is 2.14.